The first-order valence-electron chi connectivity index (χ1n) is 2.12. The van der Waals surface area contributed by atoms with Crippen molar-refractivity contribution in [3.05, 3.63) is 0 Å². The number of halogens is 2. The molecule has 0 fully saturated rings. The first-order chi connectivity index (χ1) is 2.41. The minimum atomic E-state index is 0. The van der Waals surface area contributed by atoms with Crippen LogP contribution in [0, 0.1) is 0 Å². The molecule has 0 amide bonds. The first-order valence-corrected chi connectivity index (χ1v) is 2.12. The monoisotopic (exact) mass is 167 g/mol. The first kappa shape index (κ1) is 22.6. The Morgan fingerprint density at radius 2 is 1.75 bits per heavy atom. The number of hydrogen-bond acceptors (Lipinski definition) is 1. The number of nitrogens with two attached hydrogens (primary N) is 1. The van der Waals surface area contributed by atoms with Crippen LogP contribution in [-0.2, 0) is 0 Å². The maximum absolute atomic E-state index is 5.14. The van der Waals surface area contributed by atoms with Crippen LogP contribution in [0.5, 0.6) is 0 Å². The van der Waals surface area contributed by atoms with Crippen LogP contribution in [0.2, 0.25) is 0 Å². The second-order valence-corrected chi connectivity index (χ2v) is 1.14. The molecule has 0 aromatic heterocycles. The molecule has 0 unspecified atom stereocenters. The van der Waals surface area contributed by atoms with E-state index < -0.39 is 0 Å². The topological polar surface area (TPSA) is 26.0 Å². The number of unbranched alkanes of at least 4 members (excludes halogenated alkanes) is 1. The number of hydrogen-bond donors (Lipinski definition) is 1. The molecule has 48 valence electrons. The van der Waals surface area contributed by atoms with E-state index in [1.807, 2.05) is 0 Å². The Kier molecular flexibility index (Phi) is 65.5. The minimum absolute atomic E-state index is 0. The second-order valence-electron chi connectivity index (χ2n) is 1.14. The van der Waals surface area contributed by atoms with Crippen molar-refractivity contribution in [2.24, 2.45) is 5.73 Å². The van der Waals surface area contributed by atoms with Gasteiger partial charge in [0.15, 0.2) is 0 Å². The van der Waals surface area contributed by atoms with Crippen molar-refractivity contribution in [3.8, 4) is 0 Å². The summed E-state index contributed by atoms with van der Waals surface area (Å²) >= 11 is 0. The molecule has 0 aromatic rings. The van der Waals surface area contributed by atoms with E-state index in [0.29, 0.717) is 0 Å². The van der Waals surface area contributed by atoms with E-state index >= 15 is 0 Å². The van der Waals surface area contributed by atoms with Crippen LogP contribution in [-0.4, -0.2) is 6.54 Å². The van der Waals surface area contributed by atoms with Crippen LogP contribution in [0.15, 0.2) is 0 Å². The average molecular weight is 168 g/mol. The van der Waals surface area contributed by atoms with E-state index in [2.05, 4.69) is 6.92 Å². The standard InChI is InChI=1S/C4H11N.ClH.FH.K/c1-2-3-4-5;;;/h2-5H2,1H3;2*1H;/q;;;+1/p-1. The summed E-state index contributed by atoms with van der Waals surface area (Å²) < 4.78 is 0. The zero-order valence-corrected chi connectivity index (χ0v) is 9.36. The van der Waals surface area contributed by atoms with Crippen LogP contribution in [0.3, 0.4) is 0 Å². The van der Waals surface area contributed by atoms with E-state index in [4.69, 9.17) is 5.73 Å². The summed E-state index contributed by atoms with van der Waals surface area (Å²) in [6.07, 6.45) is 2.39. The third kappa shape index (κ3) is 24.9. The molecule has 0 atom stereocenters. The van der Waals surface area contributed by atoms with Crippen LogP contribution < -0.4 is 69.5 Å². The molecule has 0 spiro atoms. The molecule has 0 saturated heterocycles. The van der Waals surface area contributed by atoms with Gasteiger partial charge in [0.1, 0.15) is 0 Å². The SMILES string of the molecule is CCCCN.F.[Cl-].[K+]. The van der Waals surface area contributed by atoms with Crippen molar-refractivity contribution in [2.45, 2.75) is 19.8 Å². The van der Waals surface area contributed by atoms with Crippen molar-refractivity contribution in [1.29, 1.82) is 0 Å². The smallest absolute Gasteiger partial charge is 1.00 e. The Hall–Kier alpha value is 1.82. The summed E-state index contributed by atoms with van der Waals surface area (Å²) in [5, 5.41) is 0. The van der Waals surface area contributed by atoms with Gasteiger partial charge in [-0.1, -0.05) is 13.3 Å². The summed E-state index contributed by atoms with van der Waals surface area (Å²) in [6.45, 7) is 2.98. The molecular formula is C4H12ClFKN. The van der Waals surface area contributed by atoms with E-state index in [1.165, 1.54) is 12.8 Å². The van der Waals surface area contributed by atoms with Gasteiger partial charge in [-0.3, -0.25) is 4.70 Å². The Bertz CT molecular complexity index is 23.5. The van der Waals surface area contributed by atoms with E-state index in [-0.39, 0.29) is 68.5 Å². The van der Waals surface area contributed by atoms with Crippen molar-refractivity contribution in [3.63, 3.8) is 0 Å². The Morgan fingerprint density at radius 3 is 1.75 bits per heavy atom. The molecule has 0 aliphatic heterocycles. The van der Waals surface area contributed by atoms with E-state index in [1.54, 1.807) is 0 Å². The zero-order valence-electron chi connectivity index (χ0n) is 5.48. The van der Waals surface area contributed by atoms with Crippen LogP contribution in [0.25, 0.3) is 0 Å². The van der Waals surface area contributed by atoms with Crippen molar-refractivity contribution in [2.75, 3.05) is 6.54 Å². The predicted molar refractivity (Wildman–Crippen MR) is 26.5 cm³/mol. The van der Waals surface area contributed by atoms with E-state index in [9.17, 15) is 0 Å². The van der Waals surface area contributed by atoms with Gasteiger partial charge in [0.05, 0.1) is 0 Å². The maximum Gasteiger partial charge on any atom is 1.00 e. The van der Waals surface area contributed by atoms with Crippen molar-refractivity contribution < 1.29 is 68.5 Å². The zero-order chi connectivity index (χ0) is 4.12. The average Bonchev–Trinajstić information content (AvgIpc) is 1.41. The Labute approximate surface area is 99.0 Å². The molecule has 0 aromatic carbocycles. The summed E-state index contributed by atoms with van der Waals surface area (Å²) in [7, 11) is 0. The molecule has 4 heteroatoms. The van der Waals surface area contributed by atoms with Gasteiger partial charge >= 0.3 is 51.4 Å². The van der Waals surface area contributed by atoms with Gasteiger partial charge in [-0.15, -0.1) is 0 Å². The Morgan fingerprint density at radius 1 is 1.38 bits per heavy atom. The molecule has 0 heterocycles. The van der Waals surface area contributed by atoms with Gasteiger partial charge in [-0.25, -0.2) is 0 Å². The summed E-state index contributed by atoms with van der Waals surface area (Å²) in [6, 6.07) is 0. The molecule has 0 bridgehead atoms. The number of rotatable bonds is 2. The normalized spacial score (nSPS) is 5.25. The molecule has 0 rings (SSSR count). The molecule has 2 N–H and O–H groups in total. The van der Waals surface area contributed by atoms with Gasteiger partial charge in [-0.2, -0.15) is 0 Å². The molecule has 0 radical (unpaired) electrons. The maximum atomic E-state index is 5.14. The van der Waals surface area contributed by atoms with Gasteiger partial charge in [0.25, 0.3) is 0 Å². The van der Waals surface area contributed by atoms with Crippen molar-refractivity contribution in [1.82, 2.24) is 0 Å². The fraction of sp³-hybridized carbons (Fsp3) is 1.00. The molecule has 0 saturated carbocycles. The van der Waals surface area contributed by atoms with Crippen LogP contribution >= 0.6 is 0 Å². The predicted octanol–water partition coefficient (Wildman–Crippen LogP) is -5.09. The third-order valence-corrected chi connectivity index (χ3v) is 0.558. The minimum Gasteiger partial charge on any atom is -1.00 e. The molecule has 0 aliphatic carbocycles. The Balaban J connectivity index is -0.0000000267. The fourth-order valence-corrected chi connectivity index (χ4v) is 0.204. The van der Waals surface area contributed by atoms with Gasteiger partial charge in [-0.05, 0) is 13.0 Å². The van der Waals surface area contributed by atoms with Gasteiger partial charge in [0, 0.05) is 0 Å². The largest absolute Gasteiger partial charge is 1.00 e. The quantitative estimate of drug-likeness (QED) is 0.410. The van der Waals surface area contributed by atoms with Crippen LogP contribution in [0.4, 0.5) is 4.70 Å². The summed E-state index contributed by atoms with van der Waals surface area (Å²) in [4.78, 5) is 0. The van der Waals surface area contributed by atoms with E-state index in [0.717, 1.165) is 6.54 Å². The van der Waals surface area contributed by atoms with Gasteiger partial charge < -0.3 is 18.1 Å². The van der Waals surface area contributed by atoms with Gasteiger partial charge in [0.2, 0.25) is 0 Å². The second kappa shape index (κ2) is 23.2. The molecular weight excluding hydrogens is 156 g/mol. The molecule has 1 nitrogen and oxygen atoms in total. The summed E-state index contributed by atoms with van der Waals surface area (Å²) in [5.74, 6) is 0. The molecule has 8 heavy (non-hydrogen) atoms. The molecule has 0 aliphatic rings. The van der Waals surface area contributed by atoms with Crippen molar-refractivity contribution >= 4 is 0 Å². The van der Waals surface area contributed by atoms with Crippen LogP contribution in [0.1, 0.15) is 19.8 Å². The fourth-order valence-electron chi connectivity index (χ4n) is 0.204. The third-order valence-electron chi connectivity index (χ3n) is 0.558. The summed E-state index contributed by atoms with van der Waals surface area (Å²) in [5.41, 5.74) is 5.14.